The summed E-state index contributed by atoms with van der Waals surface area (Å²) in [5.41, 5.74) is 4.05. The number of aryl methyl sites for hydroxylation is 1. The zero-order valence-corrected chi connectivity index (χ0v) is 20.5. The minimum Gasteiger partial charge on any atom is -0.507 e. The summed E-state index contributed by atoms with van der Waals surface area (Å²) in [7, 11) is 0. The first kappa shape index (κ1) is 24.2. The Kier molecular flexibility index (Phi) is 7.01. The molecule has 6 heteroatoms. The lowest BCUT2D eigenvalue weighted by Crippen LogP contribution is -2.29. The molecule has 35 heavy (non-hydrogen) atoms. The number of ether oxygens (including phenoxy) is 1. The van der Waals surface area contributed by atoms with E-state index in [2.05, 4.69) is 18.8 Å². The number of pyridine rings is 1. The fraction of sp³-hybridized carbons (Fsp3) is 0.276. The second kappa shape index (κ2) is 10.1. The van der Waals surface area contributed by atoms with Gasteiger partial charge in [0.25, 0.3) is 11.7 Å². The van der Waals surface area contributed by atoms with Crippen molar-refractivity contribution >= 4 is 17.4 Å². The maximum Gasteiger partial charge on any atom is 0.295 e. The average Bonchev–Trinajstić information content (AvgIpc) is 3.09. The topological polar surface area (TPSA) is 79.7 Å². The Morgan fingerprint density at radius 3 is 2.46 bits per heavy atom. The van der Waals surface area contributed by atoms with Gasteiger partial charge in [0.2, 0.25) is 0 Å². The molecule has 0 bridgehead atoms. The van der Waals surface area contributed by atoms with Crippen LogP contribution in [-0.4, -0.2) is 33.3 Å². The van der Waals surface area contributed by atoms with Crippen LogP contribution in [0.25, 0.3) is 5.76 Å². The van der Waals surface area contributed by atoms with Crippen LogP contribution in [0.15, 0.2) is 72.6 Å². The van der Waals surface area contributed by atoms with Crippen molar-refractivity contribution in [2.45, 2.75) is 46.2 Å². The third-order valence-corrected chi connectivity index (χ3v) is 6.30. The highest BCUT2D eigenvalue weighted by Gasteiger charge is 2.46. The van der Waals surface area contributed by atoms with Gasteiger partial charge in [-0.05, 0) is 66.3 Å². The standard InChI is InChI=1S/C29H30N2O4/c1-5-35-23-12-13-24(19(4)15-23)27(32)25-26(22-10-8-21(9-11-22)18(2)3)31(29(34)28(25)33)17-20-7-6-14-30-16-20/h6-16,18,26,32H,5,17H2,1-4H3/t26-/m0/s1. The first-order valence-corrected chi connectivity index (χ1v) is 11.8. The molecule has 4 rings (SSSR count). The second-order valence-electron chi connectivity index (χ2n) is 9.02. The number of hydrogen-bond donors (Lipinski definition) is 1. The smallest absolute Gasteiger partial charge is 0.295 e. The fourth-order valence-corrected chi connectivity index (χ4v) is 4.44. The number of likely N-dealkylation sites (tertiary alicyclic amines) is 1. The molecule has 180 valence electrons. The van der Waals surface area contributed by atoms with Crippen LogP contribution in [0.3, 0.4) is 0 Å². The van der Waals surface area contributed by atoms with E-state index in [1.807, 2.05) is 50.2 Å². The van der Waals surface area contributed by atoms with Crippen LogP contribution in [-0.2, 0) is 16.1 Å². The van der Waals surface area contributed by atoms with Gasteiger partial charge in [-0.3, -0.25) is 14.6 Å². The van der Waals surface area contributed by atoms with Crippen LogP contribution in [0.4, 0.5) is 0 Å². The molecule has 2 aromatic carbocycles. The lowest BCUT2D eigenvalue weighted by Gasteiger charge is -2.26. The summed E-state index contributed by atoms with van der Waals surface area (Å²) in [4.78, 5) is 32.2. The van der Waals surface area contributed by atoms with Crippen molar-refractivity contribution in [1.82, 2.24) is 9.88 Å². The number of carbonyl (C=O) groups is 2. The maximum absolute atomic E-state index is 13.3. The lowest BCUT2D eigenvalue weighted by atomic mass is 9.92. The molecule has 0 saturated carbocycles. The van der Waals surface area contributed by atoms with Crippen molar-refractivity contribution in [3.8, 4) is 5.75 Å². The van der Waals surface area contributed by atoms with E-state index >= 15 is 0 Å². The highest BCUT2D eigenvalue weighted by molar-refractivity contribution is 6.46. The summed E-state index contributed by atoms with van der Waals surface area (Å²) in [6.07, 6.45) is 3.34. The summed E-state index contributed by atoms with van der Waals surface area (Å²) in [6, 6.07) is 16.1. The van der Waals surface area contributed by atoms with E-state index in [0.717, 1.165) is 22.3 Å². The molecule has 1 aliphatic heterocycles. The number of aliphatic hydroxyl groups excluding tert-OH is 1. The summed E-state index contributed by atoms with van der Waals surface area (Å²) in [5, 5.41) is 11.4. The van der Waals surface area contributed by atoms with Crippen LogP contribution in [0.5, 0.6) is 5.75 Å². The first-order chi connectivity index (χ1) is 16.8. The lowest BCUT2D eigenvalue weighted by molar-refractivity contribution is -0.140. The van der Waals surface area contributed by atoms with E-state index in [-0.39, 0.29) is 17.9 Å². The van der Waals surface area contributed by atoms with E-state index in [4.69, 9.17) is 4.74 Å². The second-order valence-corrected chi connectivity index (χ2v) is 9.02. The Morgan fingerprint density at radius 2 is 1.86 bits per heavy atom. The van der Waals surface area contributed by atoms with Crippen LogP contribution < -0.4 is 4.74 Å². The number of ketones is 1. The Morgan fingerprint density at radius 1 is 1.11 bits per heavy atom. The van der Waals surface area contributed by atoms with E-state index in [0.29, 0.717) is 23.8 Å². The van der Waals surface area contributed by atoms with Crippen LogP contribution >= 0.6 is 0 Å². The van der Waals surface area contributed by atoms with E-state index < -0.39 is 17.7 Å². The molecule has 3 aromatic rings. The molecule has 1 saturated heterocycles. The zero-order chi connectivity index (χ0) is 25.1. The zero-order valence-electron chi connectivity index (χ0n) is 20.5. The van der Waals surface area contributed by atoms with E-state index in [1.54, 1.807) is 30.6 Å². The Hall–Kier alpha value is -3.93. The number of rotatable bonds is 7. The molecule has 2 heterocycles. The van der Waals surface area contributed by atoms with Gasteiger partial charge in [-0.25, -0.2) is 0 Å². The van der Waals surface area contributed by atoms with E-state index in [1.165, 1.54) is 4.90 Å². The molecule has 1 aromatic heterocycles. The van der Waals surface area contributed by atoms with Gasteiger partial charge in [-0.15, -0.1) is 0 Å². The minimum atomic E-state index is -0.720. The predicted molar refractivity (Wildman–Crippen MR) is 135 cm³/mol. The van der Waals surface area contributed by atoms with Crippen molar-refractivity contribution in [2.75, 3.05) is 6.61 Å². The molecule has 0 unspecified atom stereocenters. The Balaban J connectivity index is 1.85. The number of aromatic nitrogens is 1. The maximum atomic E-state index is 13.3. The largest absolute Gasteiger partial charge is 0.507 e. The van der Waals surface area contributed by atoms with Crippen LogP contribution in [0, 0.1) is 6.92 Å². The van der Waals surface area contributed by atoms with Gasteiger partial charge in [0, 0.05) is 24.5 Å². The monoisotopic (exact) mass is 470 g/mol. The highest BCUT2D eigenvalue weighted by Crippen LogP contribution is 2.41. The molecule has 1 fully saturated rings. The van der Waals surface area contributed by atoms with Crippen molar-refractivity contribution in [2.24, 2.45) is 0 Å². The van der Waals surface area contributed by atoms with Gasteiger partial charge in [-0.2, -0.15) is 0 Å². The summed E-state index contributed by atoms with van der Waals surface area (Å²) in [6.45, 7) is 8.69. The average molecular weight is 471 g/mol. The molecular weight excluding hydrogens is 440 g/mol. The third-order valence-electron chi connectivity index (χ3n) is 6.30. The number of carbonyl (C=O) groups excluding carboxylic acids is 2. The molecule has 1 atom stereocenters. The summed E-state index contributed by atoms with van der Waals surface area (Å²) < 4.78 is 5.56. The molecule has 6 nitrogen and oxygen atoms in total. The predicted octanol–water partition coefficient (Wildman–Crippen LogP) is 5.53. The van der Waals surface area contributed by atoms with Crippen molar-refractivity contribution in [1.29, 1.82) is 0 Å². The number of hydrogen-bond acceptors (Lipinski definition) is 5. The van der Waals surface area contributed by atoms with Crippen molar-refractivity contribution in [3.63, 3.8) is 0 Å². The summed E-state index contributed by atoms with van der Waals surface area (Å²) in [5.74, 6) is -0.498. The van der Waals surface area contributed by atoms with Gasteiger partial charge < -0.3 is 14.7 Å². The highest BCUT2D eigenvalue weighted by atomic mass is 16.5. The first-order valence-electron chi connectivity index (χ1n) is 11.8. The quantitative estimate of drug-likeness (QED) is 0.279. The molecular formula is C29H30N2O4. The van der Waals surface area contributed by atoms with Gasteiger partial charge in [-0.1, -0.05) is 44.2 Å². The number of aliphatic hydroxyl groups is 1. The number of amides is 1. The van der Waals surface area contributed by atoms with Crippen molar-refractivity contribution in [3.05, 3.63) is 100 Å². The van der Waals surface area contributed by atoms with Gasteiger partial charge >= 0.3 is 0 Å². The van der Waals surface area contributed by atoms with Crippen molar-refractivity contribution < 1.29 is 19.4 Å². The van der Waals surface area contributed by atoms with Gasteiger partial charge in [0.1, 0.15) is 11.5 Å². The Labute approximate surface area is 205 Å². The van der Waals surface area contributed by atoms with Crippen LogP contribution in [0.2, 0.25) is 0 Å². The molecule has 1 N–H and O–H groups in total. The third kappa shape index (κ3) is 4.83. The van der Waals surface area contributed by atoms with Crippen LogP contribution in [0.1, 0.15) is 60.5 Å². The SMILES string of the molecule is CCOc1ccc(C(O)=C2C(=O)C(=O)N(Cc3cccnc3)[C@H]2c2ccc(C(C)C)cc2)c(C)c1. The van der Waals surface area contributed by atoms with Gasteiger partial charge in [0.15, 0.2) is 0 Å². The summed E-state index contributed by atoms with van der Waals surface area (Å²) >= 11 is 0. The molecule has 0 radical (unpaired) electrons. The number of Topliss-reactive ketones (excluding diaryl/α,β-unsaturated/α-hetero) is 1. The fourth-order valence-electron chi connectivity index (χ4n) is 4.44. The van der Waals surface area contributed by atoms with E-state index in [9.17, 15) is 14.7 Å². The van der Waals surface area contributed by atoms with Gasteiger partial charge in [0.05, 0.1) is 18.2 Å². The Bertz CT molecular complexity index is 1260. The molecule has 0 spiro atoms. The normalized spacial score (nSPS) is 17.3. The number of benzene rings is 2. The molecule has 1 aliphatic rings. The minimum absolute atomic E-state index is 0.0865. The molecule has 0 aliphatic carbocycles. The number of nitrogens with zero attached hydrogens (tertiary/aromatic N) is 2. The molecule has 1 amide bonds.